The molecule has 2 nitrogen and oxygen atoms in total. The minimum Gasteiger partial charge on any atom is -0.496 e. The molecule has 100 valence electrons. The lowest BCUT2D eigenvalue weighted by Crippen LogP contribution is -2.06. The fraction of sp³-hybridized carbons (Fsp3) is 0.200. The highest BCUT2D eigenvalue weighted by atomic mass is 79.9. The topological polar surface area (TPSA) is 21.3 Å². The first-order valence-electron chi connectivity index (χ1n) is 5.95. The maximum atomic E-state index is 5.22. The minimum atomic E-state index is 0.234. The third-order valence-corrected chi connectivity index (χ3v) is 4.00. The van der Waals surface area contributed by atoms with Gasteiger partial charge >= 0.3 is 0 Å². The van der Waals surface area contributed by atoms with Gasteiger partial charge in [-0.3, -0.25) is 0 Å². The molecule has 2 rings (SSSR count). The molecule has 0 amide bonds. The molecular formula is C15H15Br2NO. The fourth-order valence-corrected chi connectivity index (χ4v) is 2.82. The van der Waals surface area contributed by atoms with E-state index in [-0.39, 0.29) is 6.04 Å². The summed E-state index contributed by atoms with van der Waals surface area (Å²) in [6, 6.07) is 14.5. The summed E-state index contributed by atoms with van der Waals surface area (Å²) in [6.07, 6.45) is 0. The van der Waals surface area contributed by atoms with E-state index in [2.05, 4.69) is 56.2 Å². The summed E-state index contributed by atoms with van der Waals surface area (Å²) in [6.45, 7) is 2.14. The van der Waals surface area contributed by atoms with Crippen molar-refractivity contribution in [3.8, 4) is 5.75 Å². The van der Waals surface area contributed by atoms with Gasteiger partial charge in [0.1, 0.15) is 5.75 Å². The largest absolute Gasteiger partial charge is 0.496 e. The Morgan fingerprint density at radius 2 is 1.89 bits per heavy atom. The Labute approximate surface area is 130 Å². The zero-order valence-electron chi connectivity index (χ0n) is 10.8. The summed E-state index contributed by atoms with van der Waals surface area (Å²) in [7, 11) is 1.66. The SMILES string of the molecule is COc1ccc(NC(C)c2cccc(Br)c2)cc1Br. The van der Waals surface area contributed by atoms with E-state index in [1.54, 1.807) is 7.11 Å². The molecule has 0 aromatic heterocycles. The number of nitrogens with one attached hydrogen (secondary N) is 1. The molecule has 1 N–H and O–H groups in total. The van der Waals surface area contributed by atoms with E-state index in [1.807, 2.05) is 30.3 Å². The van der Waals surface area contributed by atoms with Crippen molar-refractivity contribution in [3.05, 3.63) is 57.0 Å². The second-order valence-electron chi connectivity index (χ2n) is 4.27. The van der Waals surface area contributed by atoms with Gasteiger partial charge in [-0.15, -0.1) is 0 Å². The molecule has 0 radical (unpaired) electrons. The molecule has 0 bridgehead atoms. The van der Waals surface area contributed by atoms with Crippen LogP contribution in [-0.4, -0.2) is 7.11 Å². The van der Waals surface area contributed by atoms with E-state index in [1.165, 1.54) is 5.56 Å². The maximum Gasteiger partial charge on any atom is 0.133 e. The highest BCUT2D eigenvalue weighted by Crippen LogP contribution is 2.29. The Hall–Kier alpha value is -1.000. The molecule has 2 aromatic rings. The number of hydrogen-bond donors (Lipinski definition) is 1. The van der Waals surface area contributed by atoms with Gasteiger partial charge < -0.3 is 10.1 Å². The van der Waals surface area contributed by atoms with Crippen molar-refractivity contribution in [2.75, 3.05) is 12.4 Å². The summed E-state index contributed by atoms with van der Waals surface area (Å²) >= 11 is 6.99. The number of rotatable bonds is 4. The van der Waals surface area contributed by atoms with Gasteiger partial charge in [-0.25, -0.2) is 0 Å². The van der Waals surface area contributed by atoms with Crippen LogP contribution >= 0.6 is 31.9 Å². The van der Waals surface area contributed by atoms with Crippen molar-refractivity contribution in [1.29, 1.82) is 0 Å². The smallest absolute Gasteiger partial charge is 0.133 e. The summed E-state index contributed by atoms with van der Waals surface area (Å²) in [5.41, 5.74) is 2.29. The highest BCUT2D eigenvalue weighted by Gasteiger charge is 2.07. The van der Waals surface area contributed by atoms with Gasteiger partial charge in [-0.05, 0) is 58.7 Å². The summed E-state index contributed by atoms with van der Waals surface area (Å²) in [5.74, 6) is 0.834. The molecule has 0 fully saturated rings. The molecule has 0 aliphatic heterocycles. The van der Waals surface area contributed by atoms with E-state index < -0.39 is 0 Å². The van der Waals surface area contributed by atoms with E-state index in [0.717, 1.165) is 20.4 Å². The van der Waals surface area contributed by atoms with Crippen LogP contribution in [0.2, 0.25) is 0 Å². The lowest BCUT2D eigenvalue weighted by molar-refractivity contribution is 0.412. The highest BCUT2D eigenvalue weighted by molar-refractivity contribution is 9.10. The van der Waals surface area contributed by atoms with Crippen molar-refractivity contribution >= 4 is 37.5 Å². The minimum absolute atomic E-state index is 0.234. The van der Waals surface area contributed by atoms with E-state index >= 15 is 0 Å². The second kappa shape index (κ2) is 6.44. The number of halogens is 2. The van der Waals surface area contributed by atoms with Gasteiger partial charge in [-0.2, -0.15) is 0 Å². The maximum absolute atomic E-state index is 5.22. The van der Waals surface area contributed by atoms with E-state index in [4.69, 9.17) is 4.74 Å². The number of ether oxygens (including phenoxy) is 1. The Morgan fingerprint density at radius 1 is 1.11 bits per heavy atom. The molecule has 1 unspecified atom stereocenters. The van der Waals surface area contributed by atoms with Crippen LogP contribution in [0.1, 0.15) is 18.5 Å². The van der Waals surface area contributed by atoms with Crippen molar-refractivity contribution in [1.82, 2.24) is 0 Å². The van der Waals surface area contributed by atoms with Crippen molar-refractivity contribution in [3.63, 3.8) is 0 Å². The van der Waals surface area contributed by atoms with Crippen molar-refractivity contribution in [2.45, 2.75) is 13.0 Å². The van der Waals surface area contributed by atoms with Crippen molar-refractivity contribution < 1.29 is 4.74 Å². The van der Waals surface area contributed by atoms with Gasteiger partial charge in [0, 0.05) is 16.2 Å². The van der Waals surface area contributed by atoms with E-state index in [9.17, 15) is 0 Å². The first kappa shape index (κ1) is 14.4. The standard InChI is InChI=1S/C15H15Br2NO/c1-10(11-4-3-5-12(16)8-11)18-13-6-7-15(19-2)14(17)9-13/h3-10,18H,1-2H3. The molecule has 0 aliphatic rings. The number of hydrogen-bond acceptors (Lipinski definition) is 2. The van der Waals surface area contributed by atoms with Crippen LogP contribution in [0.4, 0.5) is 5.69 Å². The quantitative estimate of drug-likeness (QED) is 0.762. The Morgan fingerprint density at radius 3 is 2.53 bits per heavy atom. The van der Waals surface area contributed by atoms with Gasteiger partial charge in [0.25, 0.3) is 0 Å². The Kier molecular flexibility index (Phi) is 4.88. The summed E-state index contributed by atoms with van der Waals surface area (Å²) in [4.78, 5) is 0. The predicted octanol–water partition coefficient (Wildman–Crippen LogP) is 5.39. The summed E-state index contributed by atoms with van der Waals surface area (Å²) in [5, 5.41) is 3.47. The third kappa shape index (κ3) is 3.74. The first-order valence-corrected chi connectivity index (χ1v) is 7.54. The molecule has 2 aromatic carbocycles. The third-order valence-electron chi connectivity index (χ3n) is 2.88. The lowest BCUT2D eigenvalue weighted by atomic mass is 10.1. The Balaban J connectivity index is 2.14. The molecule has 0 saturated heterocycles. The first-order chi connectivity index (χ1) is 9.10. The van der Waals surface area contributed by atoms with Gasteiger partial charge in [-0.1, -0.05) is 28.1 Å². The monoisotopic (exact) mass is 383 g/mol. The Bertz CT molecular complexity index is 572. The van der Waals surface area contributed by atoms with Crippen LogP contribution in [0, 0.1) is 0 Å². The number of anilines is 1. The lowest BCUT2D eigenvalue weighted by Gasteiger charge is -2.17. The van der Waals surface area contributed by atoms with Gasteiger partial charge in [0.15, 0.2) is 0 Å². The summed E-state index contributed by atoms with van der Waals surface area (Å²) < 4.78 is 7.26. The molecule has 4 heteroatoms. The van der Waals surface area contributed by atoms with Crippen LogP contribution in [0.3, 0.4) is 0 Å². The molecular weight excluding hydrogens is 370 g/mol. The molecule has 0 aliphatic carbocycles. The van der Waals surface area contributed by atoms with Crippen LogP contribution in [0.25, 0.3) is 0 Å². The zero-order valence-corrected chi connectivity index (χ0v) is 14.0. The second-order valence-corrected chi connectivity index (χ2v) is 6.04. The molecule has 0 heterocycles. The average Bonchev–Trinajstić information content (AvgIpc) is 2.39. The molecule has 0 saturated carbocycles. The number of benzene rings is 2. The average molecular weight is 385 g/mol. The normalized spacial score (nSPS) is 12.0. The van der Waals surface area contributed by atoms with Crippen LogP contribution in [-0.2, 0) is 0 Å². The molecule has 0 spiro atoms. The molecule has 1 atom stereocenters. The van der Waals surface area contributed by atoms with Crippen molar-refractivity contribution in [2.24, 2.45) is 0 Å². The fourth-order valence-electron chi connectivity index (χ4n) is 1.87. The zero-order chi connectivity index (χ0) is 13.8. The van der Waals surface area contributed by atoms with Crippen LogP contribution < -0.4 is 10.1 Å². The molecule has 19 heavy (non-hydrogen) atoms. The predicted molar refractivity (Wildman–Crippen MR) is 86.9 cm³/mol. The number of methoxy groups -OCH3 is 1. The van der Waals surface area contributed by atoms with E-state index in [0.29, 0.717) is 0 Å². The van der Waals surface area contributed by atoms with Crippen LogP contribution in [0.15, 0.2) is 51.4 Å². The van der Waals surface area contributed by atoms with Gasteiger partial charge in [0.05, 0.1) is 11.6 Å². The van der Waals surface area contributed by atoms with Gasteiger partial charge in [0.2, 0.25) is 0 Å². The van der Waals surface area contributed by atoms with Crippen LogP contribution in [0.5, 0.6) is 5.75 Å².